The molecule has 1 unspecified atom stereocenters. The van der Waals surface area contributed by atoms with E-state index in [1.54, 1.807) is 0 Å². The fourth-order valence-corrected chi connectivity index (χ4v) is 2.89. The zero-order valence-corrected chi connectivity index (χ0v) is 11.4. The number of imidazole rings is 1. The van der Waals surface area contributed by atoms with Crippen molar-refractivity contribution >= 4 is 5.95 Å². The quantitative estimate of drug-likeness (QED) is 0.905. The maximum absolute atomic E-state index is 5.69. The summed E-state index contributed by atoms with van der Waals surface area (Å²) in [5.41, 5.74) is 0. The van der Waals surface area contributed by atoms with Crippen molar-refractivity contribution in [3.8, 4) is 0 Å². The van der Waals surface area contributed by atoms with Crippen LogP contribution in [-0.4, -0.2) is 41.5 Å². The second-order valence-electron chi connectivity index (χ2n) is 5.45. The molecule has 106 valence electrons. The summed E-state index contributed by atoms with van der Waals surface area (Å²) in [6.07, 6.45) is 10.6. The highest BCUT2D eigenvalue weighted by molar-refractivity contribution is 5.27. The van der Waals surface area contributed by atoms with Crippen molar-refractivity contribution in [1.29, 1.82) is 0 Å². The third-order valence-electron chi connectivity index (χ3n) is 3.94. The van der Waals surface area contributed by atoms with Gasteiger partial charge < -0.3 is 19.4 Å². The van der Waals surface area contributed by atoms with E-state index in [2.05, 4.69) is 14.9 Å². The smallest absolute Gasteiger partial charge is 0.203 e. The van der Waals surface area contributed by atoms with E-state index >= 15 is 0 Å². The van der Waals surface area contributed by atoms with Crippen LogP contribution in [0.2, 0.25) is 0 Å². The number of hydrogen-bond donors (Lipinski definition) is 1. The number of ether oxygens (including phenoxy) is 2. The second kappa shape index (κ2) is 6.39. The van der Waals surface area contributed by atoms with E-state index in [0.717, 1.165) is 12.5 Å². The molecule has 3 rings (SSSR count). The van der Waals surface area contributed by atoms with Crippen LogP contribution >= 0.6 is 0 Å². The summed E-state index contributed by atoms with van der Waals surface area (Å²) in [7, 11) is 0. The van der Waals surface area contributed by atoms with Gasteiger partial charge in [-0.1, -0.05) is 19.3 Å². The molecule has 0 bridgehead atoms. The van der Waals surface area contributed by atoms with Crippen molar-refractivity contribution in [3.63, 3.8) is 0 Å². The van der Waals surface area contributed by atoms with Crippen molar-refractivity contribution in [3.05, 3.63) is 12.4 Å². The number of nitrogens with zero attached hydrogens (tertiary/aromatic N) is 2. The minimum atomic E-state index is 0.148. The number of rotatable bonds is 4. The van der Waals surface area contributed by atoms with Crippen molar-refractivity contribution in [2.45, 2.75) is 50.8 Å². The minimum Gasteiger partial charge on any atom is -0.376 e. The van der Waals surface area contributed by atoms with Crippen molar-refractivity contribution in [1.82, 2.24) is 9.55 Å². The van der Waals surface area contributed by atoms with E-state index in [-0.39, 0.29) is 6.10 Å². The highest BCUT2D eigenvalue weighted by atomic mass is 16.6. The van der Waals surface area contributed by atoms with Crippen molar-refractivity contribution in [2.24, 2.45) is 0 Å². The van der Waals surface area contributed by atoms with Crippen molar-refractivity contribution < 1.29 is 9.47 Å². The molecule has 0 radical (unpaired) electrons. The molecule has 5 heteroatoms. The molecule has 1 aromatic rings. The number of hydrogen-bond acceptors (Lipinski definition) is 4. The molecule has 5 nitrogen and oxygen atoms in total. The van der Waals surface area contributed by atoms with Gasteiger partial charge in [-0.15, -0.1) is 0 Å². The Balaban J connectivity index is 1.57. The first kappa shape index (κ1) is 12.9. The Labute approximate surface area is 114 Å². The van der Waals surface area contributed by atoms with Gasteiger partial charge in [0.25, 0.3) is 0 Å². The summed E-state index contributed by atoms with van der Waals surface area (Å²) in [5, 5.41) is 3.57. The first-order chi connectivity index (χ1) is 9.42. The molecule has 2 heterocycles. The lowest BCUT2D eigenvalue weighted by Gasteiger charge is -2.26. The molecule has 2 fully saturated rings. The highest BCUT2D eigenvalue weighted by Gasteiger charge is 2.18. The Hall–Kier alpha value is -1.07. The maximum atomic E-state index is 5.69. The summed E-state index contributed by atoms with van der Waals surface area (Å²) in [6.45, 7) is 2.91. The molecule has 0 amide bonds. The molecular weight excluding hydrogens is 242 g/mol. The Morgan fingerprint density at radius 3 is 2.95 bits per heavy atom. The average molecular weight is 265 g/mol. The average Bonchev–Trinajstić information content (AvgIpc) is 2.88. The third-order valence-corrected chi connectivity index (χ3v) is 3.94. The normalized spacial score (nSPS) is 25.4. The number of aromatic nitrogens is 2. The van der Waals surface area contributed by atoms with Crippen LogP contribution in [0.3, 0.4) is 0 Å². The van der Waals surface area contributed by atoms with Gasteiger partial charge in [0.15, 0.2) is 0 Å². The summed E-state index contributed by atoms with van der Waals surface area (Å²) in [5.74, 6) is 0.973. The fraction of sp³-hybridized carbons (Fsp3) is 0.786. The first-order valence-electron chi connectivity index (χ1n) is 7.39. The summed E-state index contributed by atoms with van der Waals surface area (Å²) in [4.78, 5) is 4.43. The maximum Gasteiger partial charge on any atom is 0.203 e. The van der Waals surface area contributed by atoms with E-state index in [1.165, 1.54) is 32.1 Å². The summed E-state index contributed by atoms with van der Waals surface area (Å²) in [6, 6.07) is 0.582. The predicted molar refractivity (Wildman–Crippen MR) is 73.3 cm³/mol. The second-order valence-corrected chi connectivity index (χ2v) is 5.45. The zero-order chi connectivity index (χ0) is 12.9. The molecule has 19 heavy (non-hydrogen) atoms. The molecule has 1 N–H and O–H groups in total. The van der Waals surface area contributed by atoms with Gasteiger partial charge in [0, 0.05) is 18.4 Å². The van der Waals surface area contributed by atoms with Crippen LogP contribution in [0.25, 0.3) is 0 Å². The highest BCUT2D eigenvalue weighted by Crippen LogP contribution is 2.21. The molecule has 1 saturated heterocycles. The molecule has 1 aromatic heterocycles. The number of nitrogens with one attached hydrogen (secondary N) is 1. The van der Waals surface area contributed by atoms with Crippen LogP contribution in [0.1, 0.15) is 32.1 Å². The largest absolute Gasteiger partial charge is 0.376 e. The Bertz CT molecular complexity index is 347. The monoisotopic (exact) mass is 265 g/mol. The van der Waals surface area contributed by atoms with Gasteiger partial charge in [0.1, 0.15) is 0 Å². The minimum absolute atomic E-state index is 0.148. The molecule has 0 spiro atoms. The fourth-order valence-electron chi connectivity index (χ4n) is 2.89. The molecule has 0 aromatic carbocycles. The Morgan fingerprint density at radius 1 is 1.26 bits per heavy atom. The Morgan fingerprint density at radius 2 is 2.16 bits per heavy atom. The third kappa shape index (κ3) is 3.48. The molecule has 1 aliphatic carbocycles. The zero-order valence-electron chi connectivity index (χ0n) is 11.4. The molecule has 1 atom stereocenters. The van der Waals surface area contributed by atoms with Gasteiger partial charge in [0.2, 0.25) is 5.95 Å². The lowest BCUT2D eigenvalue weighted by atomic mass is 9.96. The van der Waals surface area contributed by atoms with E-state index in [0.29, 0.717) is 25.9 Å². The summed E-state index contributed by atoms with van der Waals surface area (Å²) >= 11 is 0. The predicted octanol–water partition coefficient (Wildman–Crippen LogP) is 2.04. The van der Waals surface area contributed by atoms with Crippen LogP contribution in [-0.2, 0) is 16.0 Å². The van der Waals surface area contributed by atoms with Crippen LogP contribution in [0, 0.1) is 0 Å². The van der Waals surface area contributed by atoms with Crippen molar-refractivity contribution in [2.75, 3.05) is 25.1 Å². The standard InChI is InChI=1S/C14H23N3O2/c1-2-4-12(5-3-1)16-14-15-6-7-17(14)10-13-11-18-8-9-19-13/h6-7,12-13H,1-5,8-11H2,(H,15,16). The van der Waals surface area contributed by atoms with Gasteiger partial charge in [-0.2, -0.15) is 0 Å². The molecular formula is C14H23N3O2. The molecule has 1 saturated carbocycles. The molecule has 1 aliphatic heterocycles. The van der Waals surface area contributed by atoms with E-state index in [4.69, 9.17) is 9.47 Å². The van der Waals surface area contributed by atoms with E-state index < -0.39 is 0 Å². The lowest BCUT2D eigenvalue weighted by molar-refractivity contribution is -0.0934. The van der Waals surface area contributed by atoms with E-state index in [1.807, 2.05) is 12.4 Å². The van der Waals surface area contributed by atoms with E-state index in [9.17, 15) is 0 Å². The summed E-state index contributed by atoms with van der Waals surface area (Å²) < 4.78 is 13.3. The van der Waals surface area contributed by atoms with Gasteiger partial charge >= 0.3 is 0 Å². The molecule has 2 aliphatic rings. The van der Waals surface area contributed by atoms with Crippen LogP contribution in [0.5, 0.6) is 0 Å². The Kier molecular flexibility index (Phi) is 4.35. The van der Waals surface area contributed by atoms with Gasteiger partial charge in [-0.05, 0) is 12.8 Å². The SMILES string of the molecule is c1cn(CC2COCCO2)c(NC2CCCCC2)n1. The van der Waals surface area contributed by atoms with Crippen LogP contribution < -0.4 is 5.32 Å². The van der Waals surface area contributed by atoms with Gasteiger partial charge in [0.05, 0.1) is 32.5 Å². The van der Waals surface area contributed by atoms with Gasteiger partial charge in [-0.3, -0.25) is 0 Å². The lowest BCUT2D eigenvalue weighted by Crippen LogP contribution is -2.33. The van der Waals surface area contributed by atoms with Crippen LogP contribution in [0.15, 0.2) is 12.4 Å². The number of anilines is 1. The van der Waals surface area contributed by atoms with Gasteiger partial charge in [-0.25, -0.2) is 4.98 Å². The topological polar surface area (TPSA) is 48.3 Å². The van der Waals surface area contributed by atoms with Crippen LogP contribution in [0.4, 0.5) is 5.95 Å². The first-order valence-corrected chi connectivity index (χ1v) is 7.39.